The molecule has 8 atom stereocenters. The van der Waals surface area contributed by atoms with Gasteiger partial charge in [0, 0.05) is 89.0 Å². The minimum atomic E-state index is -1.28. The Morgan fingerprint density at radius 2 is 1.95 bits per heavy atom. The summed E-state index contributed by atoms with van der Waals surface area (Å²) in [6.07, 6.45) is 1.75. The Morgan fingerprint density at radius 3 is 2.71 bits per heavy atom. The molecule has 0 saturated carbocycles. The van der Waals surface area contributed by atoms with Crippen LogP contribution in [0.25, 0.3) is 10.9 Å². The van der Waals surface area contributed by atoms with Crippen LogP contribution in [0.4, 0.5) is 0 Å². The van der Waals surface area contributed by atoms with Crippen LogP contribution >= 0.6 is 11.8 Å². The van der Waals surface area contributed by atoms with Crippen LogP contribution in [0.2, 0.25) is 0 Å². The number of piperidine rings is 1. The van der Waals surface area contributed by atoms with Gasteiger partial charge in [0.1, 0.15) is 5.75 Å². The number of hydrogen-bond donors (Lipinski definition) is 4. The van der Waals surface area contributed by atoms with E-state index in [0.29, 0.717) is 65.7 Å². The second kappa shape index (κ2) is 12.3. The summed E-state index contributed by atoms with van der Waals surface area (Å²) in [4.78, 5) is 37.6. The van der Waals surface area contributed by atoms with Crippen molar-refractivity contribution in [1.29, 1.82) is 0 Å². The Kier molecular flexibility index (Phi) is 7.76. The van der Waals surface area contributed by atoms with Crippen molar-refractivity contribution in [3.8, 4) is 28.7 Å². The minimum absolute atomic E-state index is 0.0197. The fourth-order valence-electron chi connectivity index (χ4n) is 12.4. The van der Waals surface area contributed by atoms with Gasteiger partial charge in [0.05, 0.1) is 24.1 Å². The predicted octanol–water partition coefficient (Wildman–Crippen LogP) is 4.90. The molecule has 3 unspecified atom stereocenters. The molecule has 14 heteroatoms. The number of methoxy groups -OCH3 is 1. The molecule has 3 aromatic carbocycles. The number of nitrogens with two attached hydrogens (primary N) is 1. The number of ether oxygens (including phenoxy) is 5. The molecular weight excluding hydrogens is 759 g/mol. The van der Waals surface area contributed by atoms with Crippen molar-refractivity contribution in [3.05, 3.63) is 75.0 Å². The second-order valence-electron chi connectivity index (χ2n) is 17.6. The number of likely N-dealkylation sites (N-methyl/N-ethyl adjacent to an activating group) is 1. The van der Waals surface area contributed by atoms with E-state index in [1.54, 1.807) is 18.9 Å². The smallest absolute Gasteiger partial charge is 0.334 e. The monoisotopic (exact) mass is 807 g/mol. The molecular formula is C44H49N5O8S. The molecule has 0 amide bonds. The number of hydrogen-bond acceptors (Lipinski definition) is 13. The number of aromatic hydroxyl groups is 1. The van der Waals surface area contributed by atoms with Crippen LogP contribution in [0.1, 0.15) is 83.9 Å². The van der Waals surface area contributed by atoms with E-state index in [2.05, 4.69) is 46.1 Å². The van der Waals surface area contributed by atoms with Crippen molar-refractivity contribution in [1.82, 2.24) is 20.1 Å². The number of H-pyrrole nitrogens is 1. The molecule has 58 heavy (non-hydrogen) atoms. The van der Waals surface area contributed by atoms with E-state index in [1.807, 2.05) is 32.0 Å². The van der Waals surface area contributed by atoms with E-state index in [9.17, 15) is 9.90 Å². The maximum absolute atomic E-state index is 15.7. The number of carbonyl (C=O) groups excluding carboxylic acids is 2. The molecule has 1 aromatic heterocycles. The van der Waals surface area contributed by atoms with Crippen molar-refractivity contribution in [2.24, 2.45) is 5.73 Å². The average molecular weight is 808 g/mol. The van der Waals surface area contributed by atoms with E-state index in [4.69, 9.17) is 29.4 Å². The normalized spacial score (nSPS) is 32.8. The van der Waals surface area contributed by atoms with E-state index in [-0.39, 0.29) is 36.7 Å². The number of rotatable bonds is 4. The van der Waals surface area contributed by atoms with Crippen LogP contribution < -0.4 is 30.0 Å². The summed E-state index contributed by atoms with van der Waals surface area (Å²) in [6.45, 7) is 11.6. The number of carbonyl (C=O) groups is 2. The highest BCUT2D eigenvalue weighted by molar-refractivity contribution is 8.00. The molecule has 4 aromatic rings. The van der Waals surface area contributed by atoms with Gasteiger partial charge in [0.2, 0.25) is 6.79 Å². The third-order valence-corrected chi connectivity index (χ3v) is 16.0. The van der Waals surface area contributed by atoms with E-state index < -0.39 is 33.9 Å². The van der Waals surface area contributed by atoms with Crippen LogP contribution in [0, 0.1) is 13.8 Å². The number of phenols is 1. The number of fused-ring (bicyclic) bond motifs is 6. The number of phenolic OH excluding ortho intramolecular Hbond substituents is 1. The first-order valence-electron chi connectivity index (χ1n) is 20.4. The molecule has 13 nitrogen and oxygen atoms in total. The molecule has 2 saturated heterocycles. The number of nitrogens with one attached hydrogen (secondary N) is 2. The zero-order chi connectivity index (χ0) is 40.2. The largest absolute Gasteiger partial charge is 0.504 e. The topological polar surface area (TPSA) is 161 Å². The van der Waals surface area contributed by atoms with E-state index in [0.717, 1.165) is 57.5 Å². The highest BCUT2D eigenvalue weighted by atomic mass is 32.2. The van der Waals surface area contributed by atoms with Crippen LogP contribution in [-0.4, -0.2) is 94.0 Å². The predicted molar refractivity (Wildman–Crippen MR) is 217 cm³/mol. The molecule has 5 N–H and O–H groups in total. The molecule has 8 heterocycles. The molecule has 8 aliphatic rings. The Hall–Kier alpha value is -4.47. The maximum atomic E-state index is 15.7. The fourth-order valence-corrected chi connectivity index (χ4v) is 14.2. The number of piperazine rings is 1. The van der Waals surface area contributed by atoms with Crippen molar-refractivity contribution >= 4 is 34.6 Å². The number of aryl methyl sites for hydroxylation is 1. The summed E-state index contributed by atoms with van der Waals surface area (Å²) in [5.41, 5.74) is 11.2. The summed E-state index contributed by atoms with van der Waals surface area (Å²) in [7, 11) is 1.60. The summed E-state index contributed by atoms with van der Waals surface area (Å²) in [5, 5.41) is 16.7. The van der Waals surface area contributed by atoms with Crippen molar-refractivity contribution in [2.45, 2.75) is 100.0 Å². The van der Waals surface area contributed by atoms with Gasteiger partial charge in [0.15, 0.2) is 34.1 Å². The van der Waals surface area contributed by atoms with Gasteiger partial charge in [-0.05, 0) is 62.9 Å². The van der Waals surface area contributed by atoms with Gasteiger partial charge in [-0.25, -0.2) is 4.79 Å². The number of aromatic amines is 1. The van der Waals surface area contributed by atoms with E-state index >= 15 is 4.79 Å². The fraction of sp³-hybridized carbons (Fsp3) is 0.500. The first-order valence-corrected chi connectivity index (χ1v) is 21.4. The minimum Gasteiger partial charge on any atom is -0.504 e. The third-order valence-electron chi connectivity index (χ3n) is 14.4. The van der Waals surface area contributed by atoms with Crippen molar-refractivity contribution in [2.75, 3.05) is 39.3 Å². The third kappa shape index (κ3) is 4.47. The van der Waals surface area contributed by atoms with Gasteiger partial charge in [-0.15, -0.1) is 11.8 Å². The first kappa shape index (κ1) is 36.6. The molecule has 4 bridgehead atoms. The molecule has 2 spiro atoms. The second-order valence-corrected chi connectivity index (χ2v) is 18.7. The summed E-state index contributed by atoms with van der Waals surface area (Å²) >= 11 is 1.72. The number of esters is 2. The Labute approximate surface area is 340 Å². The van der Waals surface area contributed by atoms with Gasteiger partial charge < -0.3 is 39.5 Å². The zero-order valence-corrected chi connectivity index (χ0v) is 34.4. The molecule has 304 valence electrons. The lowest BCUT2D eigenvalue weighted by Gasteiger charge is -2.62. The first-order chi connectivity index (χ1) is 27.9. The SMILES string of the molecule is CCN1CC2(C)Cc3cc(C)c(OC)c(O)c3C1[C@@H]1[C@@H]3SC[C@]4(N[C@H](CN)Cc5c4[nH]c4ccccc54)C(=O)OC34C[C@@H](c3c5c(c(C)c(OC(C)=O)c34)OCO5)N12. The molecule has 12 rings (SSSR count). The molecule has 7 aliphatic heterocycles. The maximum Gasteiger partial charge on any atom is 0.334 e. The van der Waals surface area contributed by atoms with Crippen LogP contribution in [0.5, 0.6) is 28.7 Å². The number of para-hydroxylation sites is 1. The number of aromatic nitrogens is 1. The van der Waals surface area contributed by atoms with Crippen molar-refractivity contribution in [3.63, 3.8) is 0 Å². The van der Waals surface area contributed by atoms with E-state index in [1.165, 1.54) is 6.92 Å². The van der Waals surface area contributed by atoms with Gasteiger partial charge in [-0.3, -0.25) is 19.9 Å². The van der Waals surface area contributed by atoms with Crippen molar-refractivity contribution < 1.29 is 38.4 Å². The highest BCUT2D eigenvalue weighted by Gasteiger charge is 2.73. The van der Waals surface area contributed by atoms with Crippen LogP contribution in [0.15, 0.2) is 30.3 Å². The summed E-state index contributed by atoms with van der Waals surface area (Å²) in [5.74, 6) is 1.58. The Bertz CT molecular complexity index is 2490. The lowest BCUT2D eigenvalue weighted by atomic mass is 9.75. The average Bonchev–Trinajstić information content (AvgIpc) is 3.84. The number of thioether (sulfide) groups is 1. The van der Waals surface area contributed by atoms with Crippen LogP contribution in [0.3, 0.4) is 0 Å². The Morgan fingerprint density at radius 1 is 1.16 bits per heavy atom. The lowest BCUT2D eigenvalue weighted by molar-refractivity contribution is -0.189. The molecule has 0 radical (unpaired) electrons. The molecule has 1 aliphatic carbocycles. The highest BCUT2D eigenvalue weighted by Crippen LogP contribution is 2.71. The van der Waals surface area contributed by atoms with Gasteiger partial charge in [-0.2, -0.15) is 0 Å². The number of benzene rings is 3. The quantitative estimate of drug-likeness (QED) is 0.163. The standard InChI is InChI=1S/C44H49N5O8S/c1-7-48-17-42(5)14-23-12-20(2)35(53-6)34(51)29(23)32(48)33-40-44(15-28(49(33)42)30-31(44)36(56-22(4)50)21(3)37-38(30)55-19-54-37)57-41(52)43(18-58-40)39-26(13-24(16-45)47-43)25-10-8-9-11-27(25)46-39/h8-12,24,28,32-33,40,46-47,51H,7,13-19,45H2,1-6H3/t24-,28-,32?,33+,40-,42?,43+,44?/m0/s1. The Balaban J connectivity index is 1.21. The summed E-state index contributed by atoms with van der Waals surface area (Å²) in [6, 6.07) is 9.24. The van der Waals surface area contributed by atoms with Gasteiger partial charge >= 0.3 is 11.9 Å². The summed E-state index contributed by atoms with van der Waals surface area (Å²) < 4.78 is 32.0. The van der Waals surface area contributed by atoms with Gasteiger partial charge in [-0.1, -0.05) is 31.2 Å². The van der Waals surface area contributed by atoms with Crippen LogP contribution in [-0.2, 0) is 38.3 Å². The van der Waals surface area contributed by atoms with Gasteiger partial charge in [0.25, 0.3) is 0 Å². The number of nitrogens with zero attached hydrogens (tertiary/aromatic N) is 2. The lowest BCUT2D eigenvalue weighted by Crippen LogP contribution is -2.72. The molecule has 2 fully saturated rings. The zero-order valence-electron chi connectivity index (χ0n) is 33.6.